The van der Waals surface area contributed by atoms with Crippen LogP contribution in [0.5, 0.6) is 0 Å². The van der Waals surface area contributed by atoms with Gasteiger partial charge in [0.1, 0.15) is 5.82 Å². The molecule has 0 spiro atoms. The lowest BCUT2D eigenvalue weighted by Crippen LogP contribution is -2.45. The third kappa shape index (κ3) is 3.13. The number of benzene rings is 2. The molecule has 1 amide bonds. The molecule has 1 atom stereocenters. The van der Waals surface area contributed by atoms with Crippen LogP contribution in [0.3, 0.4) is 0 Å². The Hall–Kier alpha value is -2.01. The Morgan fingerprint density at radius 1 is 1.21 bits per heavy atom. The van der Waals surface area contributed by atoms with Crippen LogP contribution >= 0.6 is 15.9 Å². The molecule has 1 aliphatic rings. The molecule has 1 heterocycles. The number of carbonyl (C=O) groups excluding carboxylic acids is 1. The molecule has 3 rings (SSSR count). The van der Waals surface area contributed by atoms with E-state index in [9.17, 15) is 9.18 Å². The average molecular weight is 390 g/mol. The third-order valence-electron chi connectivity index (χ3n) is 4.23. The van der Waals surface area contributed by atoms with E-state index < -0.39 is 5.60 Å². The van der Waals surface area contributed by atoms with Crippen LogP contribution in [-0.4, -0.2) is 17.4 Å². The van der Waals surface area contributed by atoms with Crippen LogP contribution in [0.15, 0.2) is 58.0 Å². The van der Waals surface area contributed by atoms with E-state index in [0.29, 0.717) is 12.0 Å². The fraction of sp³-hybridized carbons (Fsp3) is 0.263. The zero-order chi connectivity index (χ0) is 17.3. The van der Waals surface area contributed by atoms with Crippen LogP contribution in [0.4, 0.5) is 4.39 Å². The minimum atomic E-state index is -1.06. The summed E-state index contributed by atoms with van der Waals surface area (Å²) in [6.07, 6.45) is 0.416. The van der Waals surface area contributed by atoms with Crippen molar-refractivity contribution < 1.29 is 13.9 Å². The standard InChI is InChI=1S/C19H17BrFNO2/c1-12(2)19(11-13-6-8-15(20)9-7-13)18(23)22-17(24-19)14-4-3-5-16(21)10-14/h3-10,12H,11H2,1-2H3/t19-/m1/s1. The van der Waals surface area contributed by atoms with Crippen LogP contribution < -0.4 is 0 Å². The lowest BCUT2D eigenvalue weighted by molar-refractivity contribution is -0.134. The van der Waals surface area contributed by atoms with Gasteiger partial charge in [0.25, 0.3) is 5.91 Å². The Bertz CT molecular complexity index is 801. The largest absolute Gasteiger partial charge is 0.460 e. The Morgan fingerprint density at radius 2 is 1.92 bits per heavy atom. The third-order valence-corrected chi connectivity index (χ3v) is 4.76. The molecule has 0 aliphatic carbocycles. The van der Waals surface area contributed by atoms with Crippen molar-refractivity contribution in [3.63, 3.8) is 0 Å². The second-order valence-electron chi connectivity index (χ2n) is 6.18. The lowest BCUT2D eigenvalue weighted by Gasteiger charge is -2.30. The molecule has 24 heavy (non-hydrogen) atoms. The number of carbonyl (C=O) groups is 1. The molecule has 2 aromatic carbocycles. The van der Waals surface area contributed by atoms with Crippen molar-refractivity contribution >= 4 is 27.7 Å². The first-order valence-electron chi connectivity index (χ1n) is 7.73. The fourth-order valence-corrected chi connectivity index (χ4v) is 3.02. The molecule has 124 valence electrons. The van der Waals surface area contributed by atoms with Gasteiger partial charge in [0.15, 0.2) is 5.60 Å². The molecule has 0 bridgehead atoms. The molecular formula is C19H17BrFNO2. The number of rotatable bonds is 4. The van der Waals surface area contributed by atoms with Crippen molar-refractivity contribution in [2.24, 2.45) is 10.9 Å². The summed E-state index contributed by atoms with van der Waals surface area (Å²) >= 11 is 3.40. The molecule has 5 heteroatoms. The van der Waals surface area contributed by atoms with Crippen LogP contribution in [0.2, 0.25) is 0 Å². The second kappa shape index (κ2) is 6.48. The smallest absolute Gasteiger partial charge is 0.293 e. The van der Waals surface area contributed by atoms with E-state index in [1.54, 1.807) is 12.1 Å². The summed E-state index contributed by atoms with van der Waals surface area (Å²) in [6.45, 7) is 3.86. The quantitative estimate of drug-likeness (QED) is 0.770. The molecule has 0 N–H and O–H groups in total. The predicted molar refractivity (Wildman–Crippen MR) is 94.4 cm³/mol. The van der Waals surface area contributed by atoms with E-state index in [0.717, 1.165) is 10.0 Å². The number of amides is 1. The predicted octanol–water partition coefficient (Wildman–Crippen LogP) is 4.53. The monoisotopic (exact) mass is 389 g/mol. The maximum atomic E-state index is 13.5. The van der Waals surface area contributed by atoms with Gasteiger partial charge in [-0.25, -0.2) is 4.39 Å². The number of hydrogen-bond donors (Lipinski definition) is 0. The minimum absolute atomic E-state index is 0.0801. The summed E-state index contributed by atoms with van der Waals surface area (Å²) < 4.78 is 20.4. The highest BCUT2D eigenvalue weighted by Crippen LogP contribution is 2.34. The highest BCUT2D eigenvalue weighted by molar-refractivity contribution is 9.10. The zero-order valence-corrected chi connectivity index (χ0v) is 15.0. The van der Waals surface area contributed by atoms with E-state index in [1.165, 1.54) is 12.1 Å². The molecule has 0 saturated heterocycles. The Balaban J connectivity index is 1.92. The fourth-order valence-electron chi connectivity index (χ4n) is 2.76. The molecule has 0 aromatic heterocycles. The Morgan fingerprint density at radius 3 is 2.54 bits per heavy atom. The molecule has 0 fully saturated rings. The summed E-state index contributed by atoms with van der Waals surface area (Å²) in [6, 6.07) is 13.7. The van der Waals surface area contributed by atoms with Crippen LogP contribution in [0, 0.1) is 11.7 Å². The van der Waals surface area contributed by atoms with Gasteiger partial charge < -0.3 is 4.74 Å². The second-order valence-corrected chi connectivity index (χ2v) is 7.10. The highest BCUT2D eigenvalue weighted by atomic mass is 79.9. The Labute approximate surface area is 148 Å². The van der Waals surface area contributed by atoms with Gasteiger partial charge in [0.05, 0.1) is 0 Å². The number of ether oxygens (including phenoxy) is 1. The van der Waals surface area contributed by atoms with Crippen molar-refractivity contribution in [3.05, 3.63) is 69.9 Å². The topological polar surface area (TPSA) is 38.7 Å². The van der Waals surface area contributed by atoms with Crippen LogP contribution in [0.25, 0.3) is 0 Å². The Kier molecular flexibility index (Phi) is 4.54. The first kappa shape index (κ1) is 16.8. The lowest BCUT2D eigenvalue weighted by atomic mass is 9.83. The van der Waals surface area contributed by atoms with Gasteiger partial charge >= 0.3 is 0 Å². The van der Waals surface area contributed by atoms with Gasteiger partial charge in [0.2, 0.25) is 5.90 Å². The van der Waals surface area contributed by atoms with Crippen molar-refractivity contribution in [1.82, 2.24) is 0 Å². The first-order chi connectivity index (χ1) is 11.4. The van der Waals surface area contributed by atoms with Crippen molar-refractivity contribution in [2.45, 2.75) is 25.9 Å². The first-order valence-corrected chi connectivity index (χ1v) is 8.52. The SMILES string of the molecule is CC(C)[C@@]1(Cc2ccc(Br)cc2)OC(c2cccc(F)c2)=NC1=O. The van der Waals surface area contributed by atoms with E-state index in [-0.39, 0.29) is 23.5 Å². The molecule has 1 aliphatic heterocycles. The molecule has 0 saturated carbocycles. The summed E-state index contributed by atoms with van der Waals surface area (Å²) in [7, 11) is 0. The average Bonchev–Trinajstić information content (AvgIpc) is 2.88. The molecule has 0 unspecified atom stereocenters. The zero-order valence-electron chi connectivity index (χ0n) is 13.4. The molecule has 3 nitrogen and oxygen atoms in total. The molecule has 0 radical (unpaired) electrons. The van der Waals surface area contributed by atoms with Gasteiger partial charge in [-0.1, -0.05) is 48.0 Å². The maximum Gasteiger partial charge on any atom is 0.293 e. The number of halogens is 2. The van der Waals surface area contributed by atoms with Crippen LogP contribution in [0.1, 0.15) is 25.0 Å². The maximum absolute atomic E-state index is 13.5. The number of nitrogens with zero attached hydrogens (tertiary/aromatic N) is 1. The summed E-state index contributed by atoms with van der Waals surface area (Å²) in [5.41, 5.74) is 0.396. The van der Waals surface area contributed by atoms with Gasteiger partial charge in [-0.15, -0.1) is 0 Å². The van der Waals surface area contributed by atoms with Crippen molar-refractivity contribution in [1.29, 1.82) is 0 Å². The van der Waals surface area contributed by atoms with Crippen molar-refractivity contribution in [3.8, 4) is 0 Å². The highest BCUT2D eigenvalue weighted by Gasteiger charge is 2.49. The van der Waals surface area contributed by atoms with Crippen molar-refractivity contribution in [2.75, 3.05) is 0 Å². The summed E-state index contributed by atoms with van der Waals surface area (Å²) in [5.74, 6) is -0.602. The van der Waals surface area contributed by atoms with E-state index in [1.807, 2.05) is 38.1 Å². The number of hydrogen-bond acceptors (Lipinski definition) is 2. The molecule has 2 aromatic rings. The normalized spacial score (nSPS) is 20.2. The van der Waals surface area contributed by atoms with E-state index in [4.69, 9.17) is 4.74 Å². The number of aliphatic imine (C=N–C) groups is 1. The van der Waals surface area contributed by atoms with E-state index in [2.05, 4.69) is 20.9 Å². The minimum Gasteiger partial charge on any atom is -0.460 e. The summed E-state index contributed by atoms with van der Waals surface area (Å²) in [5, 5.41) is 0. The van der Waals surface area contributed by atoms with E-state index >= 15 is 0 Å². The van der Waals surface area contributed by atoms with Gasteiger partial charge in [-0.3, -0.25) is 4.79 Å². The van der Waals surface area contributed by atoms with Gasteiger partial charge in [-0.2, -0.15) is 4.99 Å². The molecular weight excluding hydrogens is 373 g/mol. The summed E-state index contributed by atoms with van der Waals surface area (Å²) in [4.78, 5) is 16.7. The van der Waals surface area contributed by atoms with Gasteiger partial charge in [0, 0.05) is 22.4 Å². The van der Waals surface area contributed by atoms with Gasteiger partial charge in [-0.05, 0) is 35.9 Å². The van der Waals surface area contributed by atoms with Crippen LogP contribution in [-0.2, 0) is 16.0 Å².